The quantitative estimate of drug-likeness (QED) is 0.825. The monoisotopic (exact) mass is 345 g/mol. The maximum absolute atomic E-state index is 13.0. The van der Waals surface area contributed by atoms with E-state index in [9.17, 15) is 9.59 Å². The highest BCUT2D eigenvalue weighted by Gasteiger charge is 2.31. The third kappa shape index (κ3) is 5.30. The molecule has 2 rings (SSSR count). The lowest BCUT2D eigenvalue weighted by Crippen LogP contribution is -2.56. The van der Waals surface area contributed by atoms with Gasteiger partial charge in [0, 0.05) is 31.7 Å². The zero-order valence-electron chi connectivity index (χ0n) is 15.7. The van der Waals surface area contributed by atoms with Gasteiger partial charge in [-0.15, -0.1) is 0 Å². The van der Waals surface area contributed by atoms with E-state index in [1.165, 1.54) is 0 Å². The molecule has 0 aliphatic carbocycles. The lowest BCUT2D eigenvalue weighted by Gasteiger charge is -2.37. The summed E-state index contributed by atoms with van der Waals surface area (Å²) in [6.07, 6.45) is 1.98. The van der Waals surface area contributed by atoms with Crippen LogP contribution in [-0.4, -0.2) is 60.4 Å². The van der Waals surface area contributed by atoms with Crippen LogP contribution in [0.5, 0.6) is 0 Å². The lowest BCUT2D eigenvalue weighted by molar-refractivity contribution is -0.136. The molecule has 0 radical (unpaired) electrons. The van der Waals surface area contributed by atoms with Crippen LogP contribution in [0.3, 0.4) is 0 Å². The Kier molecular flexibility index (Phi) is 7.44. The van der Waals surface area contributed by atoms with Crippen LogP contribution in [0.2, 0.25) is 0 Å². The van der Waals surface area contributed by atoms with Crippen molar-refractivity contribution in [2.75, 3.05) is 32.7 Å². The van der Waals surface area contributed by atoms with Gasteiger partial charge in [0.15, 0.2) is 0 Å². The van der Waals surface area contributed by atoms with E-state index < -0.39 is 6.04 Å². The highest BCUT2D eigenvalue weighted by Crippen LogP contribution is 2.14. The largest absolute Gasteiger partial charge is 0.340 e. The van der Waals surface area contributed by atoms with Gasteiger partial charge in [0.05, 0.1) is 0 Å². The van der Waals surface area contributed by atoms with Gasteiger partial charge in [-0.3, -0.25) is 14.5 Å². The summed E-state index contributed by atoms with van der Waals surface area (Å²) in [6, 6.07) is 8.64. The van der Waals surface area contributed by atoms with Crippen molar-refractivity contribution in [3.63, 3.8) is 0 Å². The summed E-state index contributed by atoms with van der Waals surface area (Å²) in [5, 5.41) is 2.97. The van der Waals surface area contributed by atoms with Crippen molar-refractivity contribution >= 4 is 11.8 Å². The SMILES string of the molecule is CCCN1CCN(C(=O)[C@H](NC(=O)c2ccccc2)[C@@H](C)CC)CC1. The van der Waals surface area contributed by atoms with Crippen molar-refractivity contribution in [3.05, 3.63) is 35.9 Å². The summed E-state index contributed by atoms with van der Waals surface area (Å²) < 4.78 is 0. The van der Waals surface area contributed by atoms with E-state index in [0.717, 1.165) is 45.6 Å². The summed E-state index contributed by atoms with van der Waals surface area (Å²) in [7, 11) is 0. The fraction of sp³-hybridized carbons (Fsp3) is 0.600. The second-order valence-electron chi connectivity index (χ2n) is 6.87. The second-order valence-corrected chi connectivity index (χ2v) is 6.87. The molecule has 0 spiro atoms. The summed E-state index contributed by atoms with van der Waals surface area (Å²) in [5.74, 6) is -0.0208. The van der Waals surface area contributed by atoms with Crippen LogP contribution >= 0.6 is 0 Å². The molecule has 1 aromatic carbocycles. The Hall–Kier alpha value is -1.88. The van der Waals surface area contributed by atoms with Crippen LogP contribution in [0.25, 0.3) is 0 Å². The summed E-state index contributed by atoms with van der Waals surface area (Å²) >= 11 is 0. The molecule has 138 valence electrons. The van der Waals surface area contributed by atoms with Crippen LogP contribution in [0.4, 0.5) is 0 Å². The predicted molar refractivity (Wildman–Crippen MR) is 100 cm³/mol. The smallest absolute Gasteiger partial charge is 0.251 e. The predicted octanol–water partition coefficient (Wildman–Crippen LogP) is 2.39. The number of carbonyl (C=O) groups is 2. The zero-order chi connectivity index (χ0) is 18.2. The standard InChI is InChI=1S/C20H31N3O2/c1-4-11-22-12-14-23(15-13-22)20(25)18(16(3)5-2)21-19(24)17-9-7-6-8-10-17/h6-10,16,18H,4-5,11-15H2,1-3H3,(H,21,24)/t16-,18+/m0/s1. The fourth-order valence-electron chi connectivity index (χ4n) is 3.20. The van der Waals surface area contributed by atoms with Crippen LogP contribution in [-0.2, 0) is 4.79 Å². The molecule has 5 nitrogen and oxygen atoms in total. The Morgan fingerprint density at radius 1 is 1.08 bits per heavy atom. The first kappa shape index (κ1) is 19.4. The van der Waals surface area contributed by atoms with Crippen molar-refractivity contribution < 1.29 is 9.59 Å². The molecule has 1 aliphatic rings. The third-order valence-electron chi connectivity index (χ3n) is 5.03. The number of rotatable bonds is 7. The highest BCUT2D eigenvalue weighted by atomic mass is 16.2. The van der Waals surface area contributed by atoms with Crippen molar-refractivity contribution in [1.82, 2.24) is 15.1 Å². The number of benzene rings is 1. The minimum Gasteiger partial charge on any atom is -0.340 e. The summed E-state index contributed by atoms with van der Waals surface area (Å²) in [6.45, 7) is 10.7. The first-order chi connectivity index (χ1) is 12.1. The van der Waals surface area contributed by atoms with E-state index in [0.29, 0.717) is 5.56 Å². The number of hydrogen-bond donors (Lipinski definition) is 1. The van der Waals surface area contributed by atoms with Crippen molar-refractivity contribution in [2.24, 2.45) is 5.92 Å². The molecular formula is C20H31N3O2. The first-order valence-corrected chi connectivity index (χ1v) is 9.43. The summed E-state index contributed by atoms with van der Waals surface area (Å²) in [5.41, 5.74) is 0.594. The number of nitrogens with zero attached hydrogens (tertiary/aromatic N) is 2. The minimum atomic E-state index is -0.463. The second kappa shape index (κ2) is 9.56. The summed E-state index contributed by atoms with van der Waals surface area (Å²) in [4.78, 5) is 29.8. The maximum Gasteiger partial charge on any atom is 0.251 e. The van der Waals surface area contributed by atoms with Crippen LogP contribution in [0.1, 0.15) is 44.0 Å². The van der Waals surface area contributed by atoms with Gasteiger partial charge < -0.3 is 10.2 Å². The third-order valence-corrected chi connectivity index (χ3v) is 5.03. The number of amides is 2. The molecule has 0 aromatic heterocycles. The van der Waals surface area contributed by atoms with Crippen LogP contribution < -0.4 is 5.32 Å². The molecule has 2 amide bonds. The molecule has 1 N–H and O–H groups in total. The lowest BCUT2D eigenvalue weighted by atomic mass is 9.97. The Balaban J connectivity index is 2.02. The normalized spacial score (nSPS) is 17.8. The van der Waals surface area contributed by atoms with Gasteiger partial charge in [-0.2, -0.15) is 0 Å². The average Bonchev–Trinajstić information content (AvgIpc) is 2.66. The maximum atomic E-state index is 13.0. The highest BCUT2D eigenvalue weighted by molar-refractivity contribution is 5.97. The van der Waals surface area contributed by atoms with E-state index in [4.69, 9.17) is 0 Å². The topological polar surface area (TPSA) is 52.6 Å². The molecule has 25 heavy (non-hydrogen) atoms. The van der Waals surface area contributed by atoms with E-state index >= 15 is 0 Å². The molecular weight excluding hydrogens is 314 g/mol. The van der Waals surface area contributed by atoms with E-state index in [1.54, 1.807) is 12.1 Å². The van der Waals surface area contributed by atoms with Crippen molar-refractivity contribution in [3.8, 4) is 0 Å². The first-order valence-electron chi connectivity index (χ1n) is 9.43. The van der Waals surface area contributed by atoms with Gasteiger partial charge in [0.2, 0.25) is 5.91 Å². The molecule has 5 heteroatoms. The van der Waals surface area contributed by atoms with Gasteiger partial charge in [0.25, 0.3) is 5.91 Å². The van der Waals surface area contributed by atoms with Gasteiger partial charge in [0.1, 0.15) is 6.04 Å². The van der Waals surface area contributed by atoms with Crippen molar-refractivity contribution in [2.45, 2.75) is 39.7 Å². The van der Waals surface area contributed by atoms with Gasteiger partial charge in [-0.25, -0.2) is 0 Å². The number of piperazine rings is 1. The Labute approximate surface area is 151 Å². The molecule has 2 atom stereocenters. The van der Waals surface area contributed by atoms with Crippen LogP contribution in [0, 0.1) is 5.92 Å². The molecule has 1 heterocycles. The molecule has 0 unspecified atom stereocenters. The van der Waals surface area contributed by atoms with E-state index in [-0.39, 0.29) is 17.7 Å². The van der Waals surface area contributed by atoms with E-state index in [1.807, 2.05) is 30.0 Å². The fourth-order valence-corrected chi connectivity index (χ4v) is 3.20. The Morgan fingerprint density at radius 2 is 1.72 bits per heavy atom. The van der Waals surface area contributed by atoms with Crippen molar-refractivity contribution in [1.29, 1.82) is 0 Å². The molecule has 0 saturated carbocycles. The number of carbonyl (C=O) groups excluding carboxylic acids is 2. The average molecular weight is 345 g/mol. The zero-order valence-corrected chi connectivity index (χ0v) is 15.7. The van der Waals surface area contributed by atoms with Gasteiger partial charge in [-0.1, -0.05) is 45.4 Å². The molecule has 1 fully saturated rings. The Morgan fingerprint density at radius 3 is 2.28 bits per heavy atom. The van der Waals surface area contributed by atoms with Gasteiger partial charge in [-0.05, 0) is 31.0 Å². The number of hydrogen-bond acceptors (Lipinski definition) is 3. The Bertz CT molecular complexity index is 553. The van der Waals surface area contributed by atoms with Gasteiger partial charge >= 0.3 is 0 Å². The van der Waals surface area contributed by atoms with E-state index in [2.05, 4.69) is 24.1 Å². The minimum absolute atomic E-state index is 0.0507. The molecule has 1 saturated heterocycles. The molecule has 1 aromatic rings. The number of nitrogens with one attached hydrogen (secondary N) is 1. The molecule has 0 bridgehead atoms. The molecule has 1 aliphatic heterocycles. The van der Waals surface area contributed by atoms with Crippen LogP contribution in [0.15, 0.2) is 30.3 Å².